The van der Waals surface area contributed by atoms with Crippen LogP contribution in [0.15, 0.2) is 130 Å². The van der Waals surface area contributed by atoms with Gasteiger partial charge in [-0.05, 0) is 111 Å². The van der Waals surface area contributed by atoms with Crippen LogP contribution in [0, 0.1) is 5.41 Å². The van der Waals surface area contributed by atoms with E-state index in [9.17, 15) is 20.1 Å². The number of allylic oxidation sites excluding steroid dienone is 22. The molecule has 0 aromatic carbocycles. The van der Waals surface area contributed by atoms with E-state index in [1.165, 1.54) is 47.1 Å². The largest absolute Gasteiger partial charge is 0.463 e. The van der Waals surface area contributed by atoms with Gasteiger partial charge in [0.25, 0.3) is 0 Å². The van der Waals surface area contributed by atoms with Crippen molar-refractivity contribution in [1.82, 2.24) is 0 Å². The van der Waals surface area contributed by atoms with Crippen LogP contribution in [0.2, 0.25) is 0 Å². The molecule has 7 heteroatoms. The molecule has 0 saturated carbocycles. The Labute approximate surface area is 345 Å². The number of rotatable bonds is 20. The van der Waals surface area contributed by atoms with E-state index in [0.717, 1.165) is 24.0 Å². The average Bonchev–Trinajstić information content (AvgIpc) is 3.12. The minimum Gasteiger partial charge on any atom is -0.463 e. The second-order valence-electron chi connectivity index (χ2n) is 17.1. The van der Waals surface area contributed by atoms with Crippen molar-refractivity contribution in [2.24, 2.45) is 5.41 Å². The van der Waals surface area contributed by atoms with Crippen LogP contribution >= 0.6 is 0 Å². The molecule has 1 fully saturated rings. The zero-order valence-electron chi connectivity index (χ0n) is 36.9. The highest BCUT2D eigenvalue weighted by atomic mass is 16.7. The van der Waals surface area contributed by atoms with E-state index in [2.05, 4.69) is 147 Å². The molecular formula is C50H74O7. The van der Waals surface area contributed by atoms with Crippen molar-refractivity contribution in [3.05, 3.63) is 130 Å². The number of carbonyl (C=O) groups is 1. The van der Waals surface area contributed by atoms with Crippen LogP contribution in [-0.2, 0) is 19.0 Å². The summed E-state index contributed by atoms with van der Waals surface area (Å²) in [5, 5.41) is 31.3. The maximum Gasteiger partial charge on any atom is 0.305 e. The number of ether oxygens (including phenoxy) is 3. The molecule has 0 bridgehead atoms. The molecule has 0 radical (unpaired) electrons. The summed E-state index contributed by atoms with van der Waals surface area (Å²) in [7, 11) is 0. The van der Waals surface area contributed by atoms with E-state index in [0.29, 0.717) is 12.8 Å². The molecule has 0 aromatic rings. The molecule has 316 valence electrons. The van der Waals surface area contributed by atoms with E-state index < -0.39 is 42.3 Å². The Hall–Kier alpha value is -3.59. The summed E-state index contributed by atoms with van der Waals surface area (Å²) in [5.41, 5.74) is 8.56. The van der Waals surface area contributed by atoms with Crippen LogP contribution in [0.5, 0.6) is 0 Å². The predicted octanol–water partition coefficient (Wildman–Crippen LogP) is 11.1. The fraction of sp³-hybridized carbons (Fsp3) is 0.540. The zero-order valence-corrected chi connectivity index (χ0v) is 36.9. The third-order valence-corrected chi connectivity index (χ3v) is 10.4. The normalized spacial score (nSPS) is 25.0. The molecule has 3 N–H and O–H groups in total. The topological polar surface area (TPSA) is 105 Å². The van der Waals surface area contributed by atoms with Crippen molar-refractivity contribution in [2.45, 2.75) is 164 Å². The first kappa shape index (κ1) is 49.6. The summed E-state index contributed by atoms with van der Waals surface area (Å²) in [6, 6.07) is 0. The number of hydrogen-bond donors (Lipinski definition) is 3. The highest BCUT2D eigenvalue weighted by Gasteiger charge is 2.46. The number of aliphatic hydroxyl groups excluding tert-OH is 3. The van der Waals surface area contributed by atoms with Crippen LogP contribution in [-0.4, -0.2) is 64.2 Å². The summed E-state index contributed by atoms with van der Waals surface area (Å²) in [5.74, 6) is -0.409. The number of carbonyl (C=O) groups excluding carboxylic acids is 1. The van der Waals surface area contributed by atoms with E-state index in [-0.39, 0.29) is 18.4 Å². The number of aliphatic hydroxyl groups is 3. The molecule has 0 spiro atoms. The van der Waals surface area contributed by atoms with Crippen LogP contribution in [0.25, 0.3) is 0 Å². The molecule has 0 amide bonds. The van der Waals surface area contributed by atoms with Gasteiger partial charge in [-0.3, -0.25) is 4.79 Å². The van der Waals surface area contributed by atoms with E-state index in [1.807, 2.05) is 20.8 Å². The fourth-order valence-corrected chi connectivity index (χ4v) is 6.78. The van der Waals surface area contributed by atoms with Crippen molar-refractivity contribution in [2.75, 3.05) is 6.61 Å². The third kappa shape index (κ3) is 19.1. The first-order valence-corrected chi connectivity index (χ1v) is 20.8. The van der Waals surface area contributed by atoms with Gasteiger partial charge < -0.3 is 29.5 Å². The second kappa shape index (κ2) is 25.0. The summed E-state index contributed by atoms with van der Waals surface area (Å²) < 4.78 is 17.0. The Bertz CT molecular complexity index is 1630. The van der Waals surface area contributed by atoms with Crippen molar-refractivity contribution >= 4 is 5.97 Å². The van der Waals surface area contributed by atoms with Crippen molar-refractivity contribution in [1.29, 1.82) is 0 Å². The van der Waals surface area contributed by atoms with Gasteiger partial charge in [0.1, 0.15) is 31.0 Å². The van der Waals surface area contributed by atoms with Crippen LogP contribution in [0.1, 0.15) is 128 Å². The van der Waals surface area contributed by atoms with Gasteiger partial charge >= 0.3 is 5.97 Å². The lowest BCUT2D eigenvalue weighted by Gasteiger charge is -2.42. The van der Waals surface area contributed by atoms with E-state index in [1.54, 1.807) is 0 Å². The van der Waals surface area contributed by atoms with Gasteiger partial charge in [0.15, 0.2) is 6.29 Å². The first-order valence-electron chi connectivity index (χ1n) is 20.8. The minimum atomic E-state index is -1.49. The van der Waals surface area contributed by atoms with Crippen molar-refractivity contribution in [3.8, 4) is 0 Å². The molecule has 0 aromatic heterocycles. The molecule has 1 saturated heterocycles. The van der Waals surface area contributed by atoms with Gasteiger partial charge in [0.05, 0.1) is 5.60 Å². The molecule has 5 atom stereocenters. The lowest BCUT2D eigenvalue weighted by atomic mass is 9.72. The minimum absolute atomic E-state index is 0.230. The highest BCUT2D eigenvalue weighted by molar-refractivity contribution is 5.69. The molecular weight excluding hydrogens is 713 g/mol. The number of esters is 1. The summed E-state index contributed by atoms with van der Waals surface area (Å²) in [6.45, 7) is 22.9. The summed E-state index contributed by atoms with van der Waals surface area (Å²) in [4.78, 5) is 11.8. The fourth-order valence-electron chi connectivity index (χ4n) is 6.78. The Morgan fingerprint density at radius 3 is 1.89 bits per heavy atom. The summed E-state index contributed by atoms with van der Waals surface area (Å²) in [6.07, 6.45) is 32.3. The highest BCUT2D eigenvalue weighted by Crippen LogP contribution is 2.40. The maximum atomic E-state index is 11.8. The second-order valence-corrected chi connectivity index (χ2v) is 17.1. The van der Waals surface area contributed by atoms with Crippen LogP contribution in [0.3, 0.4) is 0 Å². The van der Waals surface area contributed by atoms with Gasteiger partial charge in [-0.1, -0.05) is 145 Å². The van der Waals surface area contributed by atoms with Gasteiger partial charge in [0.2, 0.25) is 0 Å². The molecule has 0 unspecified atom stereocenters. The van der Waals surface area contributed by atoms with Crippen molar-refractivity contribution < 1.29 is 34.3 Å². The van der Waals surface area contributed by atoms with Gasteiger partial charge in [0, 0.05) is 6.42 Å². The van der Waals surface area contributed by atoms with Gasteiger partial charge in [-0.15, -0.1) is 0 Å². The molecule has 57 heavy (non-hydrogen) atoms. The Balaban J connectivity index is 1.79. The molecule has 1 heterocycles. The zero-order chi connectivity index (χ0) is 42.6. The molecule has 2 rings (SSSR count). The van der Waals surface area contributed by atoms with E-state index >= 15 is 0 Å². The monoisotopic (exact) mass is 787 g/mol. The average molecular weight is 787 g/mol. The Kier molecular flexibility index (Phi) is 21.8. The predicted molar refractivity (Wildman–Crippen MR) is 236 cm³/mol. The number of hydrogen-bond acceptors (Lipinski definition) is 7. The van der Waals surface area contributed by atoms with Gasteiger partial charge in [-0.2, -0.15) is 0 Å². The smallest absolute Gasteiger partial charge is 0.305 e. The quantitative estimate of drug-likeness (QED) is 0.0833. The van der Waals surface area contributed by atoms with E-state index in [4.69, 9.17) is 14.2 Å². The maximum absolute atomic E-state index is 11.8. The van der Waals surface area contributed by atoms with Gasteiger partial charge in [-0.25, -0.2) is 0 Å². The first-order chi connectivity index (χ1) is 26.8. The molecule has 1 aliphatic carbocycles. The SMILES string of the molecule is CCCC(=O)OC[C@H]1O[C@@H](OC(C)(C)CCC/C(C)=C/C=C/C(C)=C/C=C/C(C)=C/C=C/C=C(C)/C=C/C=C(C)/C=C/C2=C(C)CCCC2(C)C)[C@H](O)[C@@H](O)[C@@H]1O. The third-order valence-electron chi connectivity index (χ3n) is 10.4. The lowest BCUT2D eigenvalue weighted by Crippen LogP contribution is -2.60. The molecule has 2 aliphatic rings. The molecule has 1 aliphatic heterocycles. The lowest BCUT2D eigenvalue weighted by molar-refractivity contribution is -0.324. The summed E-state index contributed by atoms with van der Waals surface area (Å²) >= 11 is 0. The standard InChI is InChI=1S/C50H74O7/c1-12-20-44(51)55-35-43-45(52)46(53)47(54)48(56-43)57-50(10,11)34-18-29-39(5)27-16-26-38(4)25-15-23-36(2)21-13-14-22-37(3)24-17-28-40(6)31-32-42-41(7)30-19-33-49(42,8)9/h13-17,21-28,31-32,43,45-48,52-54H,12,18-20,29-30,33-35H2,1-11H3/b14-13+,23-15+,24-17+,26-16+,32-31+,36-21+,37-22+,38-25+,39-27+,40-28+/t43-,45-,46+,47-,48+/m1/s1. The molecule has 7 nitrogen and oxygen atoms in total. The van der Waals surface area contributed by atoms with Crippen molar-refractivity contribution in [3.63, 3.8) is 0 Å². The van der Waals surface area contributed by atoms with Crippen LogP contribution < -0.4 is 0 Å². The van der Waals surface area contributed by atoms with Crippen LogP contribution in [0.4, 0.5) is 0 Å². The Morgan fingerprint density at radius 2 is 1.33 bits per heavy atom. The Morgan fingerprint density at radius 1 is 0.789 bits per heavy atom.